The first-order chi connectivity index (χ1) is 15.7. The van der Waals surface area contributed by atoms with E-state index in [2.05, 4.69) is 15.3 Å². The van der Waals surface area contributed by atoms with Gasteiger partial charge >= 0.3 is 6.09 Å². The molecule has 3 rings (SSSR count). The van der Waals surface area contributed by atoms with Crippen molar-refractivity contribution in [1.29, 1.82) is 0 Å². The van der Waals surface area contributed by atoms with E-state index in [1.54, 1.807) is 34.1 Å². The fraction of sp³-hybridized carbons (Fsp3) is 0.542. The van der Waals surface area contributed by atoms with Crippen LogP contribution in [0.3, 0.4) is 0 Å². The van der Waals surface area contributed by atoms with Crippen LogP contribution < -0.4 is 10.1 Å². The number of methoxy groups -OCH3 is 1. The topological polar surface area (TPSA) is 123 Å². The van der Waals surface area contributed by atoms with Crippen molar-refractivity contribution < 1.29 is 29.2 Å². The number of carbonyl (C=O) groups excluding carboxylic acids is 1. The number of alkyl carbamates (subject to hydrolysis) is 1. The largest absolute Gasteiger partial charge is 0.480 e. The summed E-state index contributed by atoms with van der Waals surface area (Å²) in [5.74, 6) is 0.436. The predicted molar refractivity (Wildman–Crippen MR) is 124 cm³/mol. The van der Waals surface area contributed by atoms with Crippen LogP contribution in [0.25, 0.3) is 17.1 Å². The van der Waals surface area contributed by atoms with Gasteiger partial charge in [0.1, 0.15) is 5.60 Å². The van der Waals surface area contributed by atoms with Gasteiger partial charge in [-0.2, -0.15) is 0 Å². The van der Waals surface area contributed by atoms with Gasteiger partial charge in [-0.05, 0) is 39.7 Å². The molecule has 2 heterocycles. The molecule has 33 heavy (non-hydrogen) atoms. The summed E-state index contributed by atoms with van der Waals surface area (Å²) in [6.07, 6.45) is 4.77. The smallest absolute Gasteiger partial charge is 0.407 e. The van der Waals surface area contributed by atoms with Gasteiger partial charge in [0.15, 0.2) is 0 Å². The lowest BCUT2D eigenvalue weighted by Gasteiger charge is -2.37. The number of fused-ring (bicyclic) bond motifs is 1. The van der Waals surface area contributed by atoms with E-state index in [1.165, 1.54) is 0 Å². The fourth-order valence-corrected chi connectivity index (χ4v) is 3.73. The predicted octanol–water partition coefficient (Wildman–Crippen LogP) is 2.84. The molecule has 0 aliphatic carbocycles. The average Bonchev–Trinajstić information content (AvgIpc) is 2.77. The number of nitrogens with zero attached hydrogens (tertiary/aromatic N) is 2. The molecule has 0 unspecified atom stereocenters. The third kappa shape index (κ3) is 7.12. The van der Waals surface area contributed by atoms with E-state index < -0.39 is 23.9 Å². The summed E-state index contributed by atoms with van der Waals surface area (Å²) in [6.45, 7) is 5.01. The Labute approximate surface area is 193 Å². The van der Waals surface area contributed by atoms with Gasteiger partial charge in [-0.1, -0.05) is 24.3 Å². The van der Waals surface area contributed by atoms with Gasteiger partial charge in [-0.3, -0.25) is 0 Å². The van der Waals surface area contributed by atoms with Crippen molar-refractivity contribution in [3.63, 3.8) is 0 Å². The molecule has 1 aromatic heterocycles. The summed E-state index contributed by atoms with van der Waals surface area (Å²) in [7, 11) is 1.55. The molecule has 1 aliphatic heterocycles. The first-order valence-corrected chi connectivity index (χ1v) is 11.1. The first kappa shape index (κ1) is 24.9. The van der Waals surface area contributed by atoms with Crippen molar-refractivity contribution >= 4 is 23.2 Å². The standard InChI is InChI=1S/C24H33N3O6/c1-24(2,3)33-23(30)26-18-11-10-17(32-20(18)12-16(29)14-28)9-8-15-6-5-7-19-22(15)27-21(31-4)13-25-19/h5-9,13,16-18,20,28-29H,10-12,14H2,1-4H3,(H,26,30)/t16-,17+,18+,20-/m0/s1. The Hall–Kier alpha value is -2.75. The first-order valence-electron chi connectivity index (χ1n) is 11.1. The van der Waals surface area contributed by atoms with Crippen LogP contribution in [0.15, 0.2) is 30.5 Å². The minimum Gasteiger partial charge on any atom is -0.480 e. The van der Waals surface area contributed by atoms with E-state index in [-0.39, 0.29) is 25.2 Å². The highest BCUT2D eigenvalue weighted by molar-refractivity contribution is 5.84. The van der Waals surface area contributed by atoms with E-state index in [4.69, 9.17) is 14.2 Å². The number of aromatic nitrogens is 2. The quantitative estimate of drug-likeness (QED) is 0.578. The summed E-state index contributed by atoms with van der Waals surface area (Å²) < 4.78 is 16.7. The summed E-state index contributed by atoms with van der Waals surface area (Å²) in [5.41, 5.74) is 1.74. The van der Waals surface area contributed by atoms with E-state index in [9.17, 15) is 15.0 Å². The average molecular weight is 460 g/mol. The lowest BCUT2D eigenvalue weighted by atomic mass is 9.94. The molecule has 1 aliphatic rings. The third-order valence-corrected chi connectivity index (χ3v) is 5.26. The normalized spacial score (nSPS) is 22.3. The van der Waals surface area contributed by atoms with Gasteiger partial charge in [0, 0.05) is 12.0 Å². The molecule has 180 valence electrons. The van der Waals surface area contributed by atoms with Gasteiger partial charge in [0.25, 0.3) is 0 Å². The van der Waals surface area contributed by atoms with Gasteiger partial charge in [-0.25, -0.2) is 14.8 Å². The maximum atomic E-state index is 12.3. The number of amides is 1. The highest BCUT2D eigenvalue weighted by Gasteiger charge is 2.33. The molecule has 1 amide bonds. The number of para-hydroxylation sites is 1. The zero-order valence-corrected chi connectivity index (χ0v) is 19.5. The number of nitrogens with one attached hydrogen (secondary N) is 1. The Balaban J connectivity index is 1.73. The second-order valence-electron chi connectivity index (χ2n) is 9.10. The lowest BCUT2D eigenvalue weighted by molar-refractivity contribution is -0.0728. The maximum Gasteiger partial charge on any atom is 0.407 e. The molecule has 2 aromatic rings. The van der Waals surface area contributed by atoms with Crippen LogP contribution in [-0.4, -0.2) is 69.9 Å². The van der Waals surface area contributed by atoms with Crippen molar-refractivity contribution in [3.05, 3.63) is 36.0 Å². The Kier molecular flexibility index (Phi) is 8.23. The zero-order chi connectivity index (χ0) is 24.0. The fourth-order valence-electron chi connectivity index (χ4n) is 3.73. The van der Waals surface area contributed by atoms with Crippen LogP contribution in [-0.2, 0) is 9.47 Å². The monoisotopic (exact) mass is 459 g/mol. The Morgan fingerprint density at radius 2 is 2.15 bits per heavy atom. The molecular weight excluding hydrogens is 426 g/mol. The zero-order valence-electron chi connectivity index (χ0n) is 19.5. The van der Waals surface area contributed by atoms with E-state index in [0.29, 0.717) is 18.7 Å². The van der Waals surface area contributed by atoms with Crippen molar-refractivity contribution in [2.24, 2.45) is 0 Å². The van der Waals surface area contributed by atoms with Crippen molar-refractivity contribution in [1.82, 2.24) is 15.3 Å². The van der Waals surface area contributed by atoms with Gasteiger partial charge in [0.05, 0.1) is 55.3 Å². The highest BCUT2D eigenvalue weighted by atomic mass is 16.6. The number of aliphatic hydroxyl groups is 2. The summed E-state index contributed by atoms with van der Waals surface area (Å²) in [5, 5.41) is 22.1. The Morgan fingerprint density at radius 1 is 1.36 bits per heavy atom. The van der Waals surface area contributed by atoms with Crippen molar-refractivity contribution in [2.45, 2.75) is 70.0 Å². The number of hydrogen-bond acceptors (Lipinski definition) is 8. The number of hydrogen-bond donors (Lipinski definition) is 3. The van der Waals surface area contributed by atoms with Gasteiger partial charge in [0.2, 0.25) is 5.88 Å². The van der Waals surface area contributed by atoms with E-state index in [0.717, 1.165) is 16.6 Å². The van der Waals surface area contributed by atoms with Crippen LogP contribution in [0.1, 0.15) is 45.6 Å². The van der Waals surface area contributed by atoms with Crippen molar-refractivity contribution in [2.75, 3.05) is 13.7 Å². The number of aliphatic hydroxyl groups excluding tert-OH is 2. The maximum absolute atomic E-state index is 12.3. The van der Waals surface area contributed by atoms with Crippen LogP contribution in [0.5, 0.6) is 5.88 Å². The van der Waals surface area contributed by atoms with Crippen LogP contribution in [0, 0.1) is 0 Å². The van der Waals surface area contributed by atoms with Crippen LogP contribution >= 0.6 is 0 Å². The Morgan fingerprint density at radius 3 is 2.85 bits per heavy atom. The molecule has 0 bridgehead atoms. The molecule has 1 saturated heterocycles. The Bertz CT molecular complexity index is 974. The molecule has 0 spiro atoms. The van der Waals surface area contributed by atoms with E-state index in [1.807, 2.05) is 30.4 Å². The van der Waals surface area contributed by atoms with Crippen LogP contribution in [0.2, 0.25) is 0 Å². The molecule has 3 N–H and O–H groups in total. The lowest BCUT2D eigenvalue weighted by Crippen LogP contribution is -2.51. The number of carbonyl (C=O) groups is 1. The molecule has 0 saturated carbocycles. The molecule has 9 heteroatoms. The molecule has 0 radical (unpaired) electrons. The van der Waals surface area contributed by atoms with Crippen LogP contribution in [0.4, 0.5) is 4.79 Å². The summed E-state index contributed by atoms with van der Waals surface area (Å²) in [6, 6.07) is 5.40. The molecule has 1 aromatic carbocycles. The highest BCUT2D eigenvalue weighted by Crippen LogP contribution is 2.26. The number of benzene rings is 1. The molecule has 4 atom stereocenters. The third-order valence-electron chi connectivity index (χ3n) is 5.26. The number of rotatable bonds is 7. The summed E-state index contributed by atoms with van der Waals surface area (Å²) >= 11 is 0. The molecule has 9 nitrogen and oxygen atoms in total. The minimum atomic E-state index is -0.943. The minimum absolute atomic E-state index is 0.193. The molecule has 1 fully saturated rings. The SMILES string of the molecule is COc1cnc2cccc(C=C[C@@H]3CC[C@@H](NC(=O)OC(C)(C)C)[C@H](C[C@H](O)CO)O3)c2n1. The summed E-state index contributed by atoms with van der Waals surface area (Å²) in [4.78, 5) is 21.1. The van der Waals surface area contributed by atoms with E-state index >= 15 is 0 Å². The molecular formula is C24H33N3O6. The second-order valence-corrected chi connectivity index (χ2v) is 9.10. The van der Waals surface area contributed by atoms with Gasteiger partial charge in [-0.15, -0.1) is 0 Å². The second kappa shape index (κ2) is 10.9. The van der Waals surface area contributed by atoms with Gasteiger partial charge < -0.3 is 29.7 Å². The van der Waals surface area contributed by atoms with Crippen molar-refractivity contribution in [3.8, 4) is 5.88 Å². The number of ether oxygens (including phenoxy) is 3.